The lowest BCUT2D eigenvalue weighted by Gasteiger charge is -2.33. The van der Waals surface area contributed by atoms with Crippen molar-refractivity contribution in [1.29, 1.82) is 0 Å². The van der Waals surface area contributed by atoms with Crippen molar-refractivity contribution < 1.29 is 9.90 Å². The van der Waals surface area contributed by atoms with Crippen molar-refractivity contribution in [1.82, 2.24) is 19.5 Å². The fourth-order valence-electron chi connectivity index (χ4n) is 5.17. The van der Waals surface area contributed by atoms with Gasteiger partial charge in [0.25, 0.3) is 5.91 Å². The summed E-state index contributed by atoms with van der Waals surface area (Å²) in [6.45, 7) is 2.14. The largest absolute Gasteiger partial charge is 0.508 e. The maximum atomic E-state index is 13.0. The van der Waals surface area contributed by atoms with Gasteiger partial charge in [0.2, 0.25) is 0 Å². The van der Waals surface area contributed by atoms with Gasteiger partial charge in [-0.2, -0.15) is 9.61 Å². The van der Waals surface area contributed by atoms with Crippen molar-refractivity contribution in [2.24, 2.45) is 5.92 Å². The molecule has 1 amide bonds. The number of fused-ring (bicyclic) bond motifs is 1. The molecular formula is C28H28BrN5O2. The number of likely N-dealkylation sites (tertiary alicyclic amines) is 1. The number of anilines is 1. The van der Waals surface area contributed by atoms with Crippen LogP contribution in [0.3, 0.4) is 0 Å². The topological polar surface area (TPSA) is 82.8 Å². The monoisotopic (exact) mass is 545 g/mol. The second-order valence-corrected chi connectivity index (χ2v) is 10.7. The number of nitrogens with zero attached hydrogens (tertiary/aromatic N) is 4. The number of amides is 1. The highest BCUT2D eigenvalue weighted by molar-refractivity contribution is 9.10. The number of rotatable bonds is 6. The van der Waals surface area contributed by atoms with Crippen LogP contribution in [0.2, 0.25) is 0 Å². The van der Waals surface area contributed by atoms with E-state index in [9.17, 15) is 9.90 Å². The lowest BCUT2D eigenvalue weighted by Crippen LogP contribution is -2.41. The van der Waals surface area contributed by atoms with Gasteiger partial charge in [-0.1, -0.05) is 30.3 Å². The number of benzene rings is 2. The Morgan fingerprint density at radius 3 is 2.81 bits per heavy atom. The summed E-state index contributed by atoms with van der Waals surface area (Å²) in [7, 11) is 0. The SMILES string of the molecule is O=C(c1cccc(O)c1)N1CCCC(CNc2cc(-c3ccccc3C3CC3)nc3c(Br)cnn23)C1. The van der Waals surface area contributed by atoms with E-state index in [4.69, 9.17) is 4.98 Å². The van der Waals surface area contributed by atoms with E-state index < -0.39 is 0 Å². The maximum absolute atomic E-state index is 13.0. The highest BCUT2D eigenvalue weighted by atomic mass is 79.9. The summed E-state index contributed by atoms with van der Waals surface area (Å²) in [6, 6.07) is 17.2. The van der Waals surface area contributed by atoms with Crippen LogP contribution >= 0.6 is 15.9 Å². The number of nitrogens with one attached hydrogen (secondary N) is 1. The van der Waals surface area contributed by atoms with Crippen molar-refractivity contribution in [3.8, 4) is 17.0 Å². The smallest absolute Gasteiger partial charge is 0.253 e. The summed E-state index contributed by atoms with van der Waals surface area (Å²) < 4.78 is 2.70. The Hall–Kier alpha value is -3.39. The minimum absolute atomic E-state index is 0.0307. The summed E-state index contributed by atoms with van der Waals surface area (Å²) in [6.07, 6.45) is 6.25. The fraction of sp³-hybridized carbons (Fsp3) is 0.321. The van der Waals surface area contributed by atoms with Crippen LogP contribution in [0.1, 0.15) is 47.5 Å². The van der Waals surface area contributed by atoms with E-state index >= 15 is 0 Å². The first-order valence-corrected chi connectivity index (χ1v) is 13.3. The molecular weight excluding hydrogens is 518 g/mol. The van der Waals surface area contributed by atoms with Crippen molar-refractivity contribution in [3.63, 3.8) is 0 Å². The molecule has 7 nitrogen and oxygen atoms in total. The molecule has 1 aliphatic carbocycles. The molecule has 36 heavy (non-hydrogen) atoms. The Balaban J connectivity index is 1.23. The van der Waals surface area contributed by atoms with E-state index in [0.29, 0.717) is 23.9 Å². The standard InChI is InChI=1S/C28H28BrN5O2/c29-24-16-31-34-26(14-25(32-27(24)34)23-9-2-1-8-22(23)19-10-11-19)30-15-18-5-4-12-33(17-18)28(36)20-6-3-7-21(35)13-20/h1-3,6-9,13-14,16,18-19,30,35H,4-5,10-12,15,17H2. The molecule has 2 fully saturated rings. The molecule has 0 spiro atoms. The number of hydrogen-bond donors (Lipinski definition) is 2. The van der Waals surface area contributed by atoms with Gasteiger partial charge in [0.1, 0.15) is 11.6 Å². The Kier molecular flexibility index (Phi) is 6.13. The average Bonchev–Trinajstić information content (AvgIpc) is 3.69. The van der Waals surface area contributed by atoms with Gasteiger partial charge >= 0.3 is 0 Å². The third kappa shape index (κ3) is 4.57. The molecule has 1 unspecified atom stereocenters. The number of aromatic nitrogens is 3. The molecule has 1 saturated carbocycles. The number of halogens is 1. The number of hydrogen-bond acceptors (Lipinski definition) is 5. The molecule has 1 aliphatic heterocycles. The average molecular weight is 546 g/mol. The number of aromatic hydroxyl groups is 1. The van der Waals surface area contributed by atoms with Crippen LogP contribution < -0.4 is 5.32 Å². The predicted molar refractivity (Wildman–Crippen MR) is 143 cm³/mol. The van der Waals surface area contributed by atoms with Crippen molar-refractivity contribution in [3.05, 3.63) is 76.4 Å². The van der Waals surface area contributed by atoms with E-state index in [1.807, 2.05) is 9.42 Å². The van der Waals surface area contributed by atoms with E-state index in [-0.39, 0.29) is 11.7 Å². The summed E-state index contributed by atoms with van der Waals surface area (Å²) in [5.74, 6) is 1.91. The minimum Gasteiger partial charge on any atom is -0.508 e. The van der Waals surface area contributed by atoms with Crippen LogP contribution in [0.5, 0.6) is 5.75 Å². The van der Waals surface area contributed by atoms with Gasteiger partial charge in [0.05, 0.1) is 16.4 Å². The zero-order valence-electron chi connectivity index (χ0n) is 19.9. The number of carbonyl (C=O) groups is 1. The van der Waals surface area contributed by atoms with Crippen LogP contribution in [0.25, 0.3) is 16.9 Å². The van der Waals surface area contributed by atoms with Gasteiger partial charge in [0, 0.05) is 36.8 Å². The molecule has 3 heterocycles. The molecule has 2 aromatic carbocycles. The van der Waals surface area contributed by atoms with Gasteiger partial charge < -0.3 is 15.3 Å². The van der Waals surface area contributed by atoms with E-state index in [1.165, 1.54) is 30.0 Å². The Morgan fingerprint density at radius 1 is 1.11 bits per heavy atom. The molecule has 2 aromatic heterocycles. The summed E-state index contributed by atoms with van der Waals surface area (Å²) >= 11 is 3.61. The summed E-state index contributed by atoms with van der Waals surface area (Å²) in [4.78, 5) is 19.9. The molecule has 6 rings (SSSR count). The first-order valence-electron chi connectivity index (χ1n) is 12.5. The van der Waals surface area contributed by atoms with E-state index in [0.717, 1.165) is 47.6 Å². The maximum Gasteiger partial charge on any atom is 0.253 e. The molecule has 0 bridgehead atoms. The first kappa shape index (κ1) is 23.0. The van der Waals surface area contributed by atoms with E-state index in [2.05, 4.69) is 56.7 Å². The lowest BCUT2D eigenvalue weighted by atomic mass is 9.97. The molecule has 8 heteroatoms. The zero-order chi connectivity index (χ0) is 24.6. The molecule has 184 valence electrons. The van der Waals surface area contributed by atoms with Crippen LogP contribution in [-0.2, 0) is 0 Å². The number of piperidine rings is 1. The molecule has 1 atom stereocenters. The highest BCUT2D eigenvalue weighted by Crippen LogP contribution is 2.44. The Bertz CT molecular complexity index is 1430. The third-order valence-corrected chi connectivity index (χ3v) is 7.71. The van der Waals surface area contributed by atoms with Gasteiger partial charge in [-0.3, -0.25) is 4.79 Å². The zero-order valence-corrected chi connectivity index (χ0v) is 21.5. The van der Waals surface area contributed by atoms with Crippen LogP contribution in [-0.4, -0.2) is 50.1 Å². The number of phenolic OH excluding ortho intramolecular Hbond substituents is 1. The van der Waals surface area contributed by atoms with Gasteiger partial charge in [-0.05, 0) is 77.2 Å². The predicted octanol–water partition coefficient (Wildman–Crippen LogP) is 5.71. The molecule has 2 aliphatic rings. The van der Waals surface area contributed by atoms with Crippen LogP contribution in [0, 0.1) is 5.92 Å². The summed E-state index contributed by atoms with van der Waals surface area (Å²) in [5, 5.41) is 17.9. The van der Waals surface area contributed by atoms with E-state index in [1.54, 1.807) is 24.4 Å². The quantitative estimate of drug-likeness (QED) is 0.324. The molecule has 0 radical (unpaired) electrons. The Morgan fingerprint density at radius 2 is 1.97 bits per heavy atom. The third-order valence-electron chi connectivity index (χ3n) is 7.15. The van der Waals surface area contributed by atoms with Crippen LogP contribution in [0.15, 0.2) is 65.3 Å². The second kappa shape index (κ2) is 9.58. The first-order chi connectivity index (χ1) is 17.6. The molecule has 1 saturated heterocycles. The lowest BCUT2D eigenvalue weighted by molar-refractivity contribution is 0.0680. The van der Waals surface area contributed by atoms with Gasteiger partial charge in [-0.25, -0.2) is 4.98 Å². The Labute approximate surface area is 218 Å². The molecule has 4 aromatic rings. The highest BCUT2D eigenvalue weighted by Gasteiger charge is 2.28. The minimum atomic E-state index is -0.0307. The van der Waals surface area contributed by atoms with Crippen LogP contribution in [0.4, 0.5) is 5.82 Å². The normalized spacial score (nSPS) is 17.9. The number of phenols is 1. The van der Waals surface area contributed by atoms with Crippen molar-refractivity contribution >= 4 is 33.3 Å². The molecule has 2 N–H and O–H groups in total. The fourth-order valence-corrected chi connectivity index (χ4v) is 5.52. The van der Waals surface area contributed by atoms with Crippen molar-refractivity contribution in [2.45, 2.75) is 31.6 Å². The second-order valence-electron chi connectivity index (χ2n) is 9.81. The van der Waals surface area contributed by atoms with Gasteiger partial charge in [-0.15, -0.1) is 0 Å². The number of carbonyl (C=O) groups excluding carboxylic acids is 1. The summed E-state index contributed by atoms with van der Waals surface area (Å²) in [5.41, 5.74) is 4.80. The van der Waals surface area contributed by atoms with Crippen molar-refractivity contribution in [2.75, 3.05) is 25.0 Å². The van der Waals surface area contributed by atoms with Gasteiger partial charge in [0.15, 0.2) is 5.65 Å².